The lowest BCUT2D eigenvalue weighted by atomic mass is 9.82. The van der Waals surface area contributed by atoms with Gasteiger partial charge >= 0.3 is 6.18 Å². The molecule has 0 bridgehead atoms. The standard InChI is InChI=1S/C15H20F3NO/c16-15(17,18)13-6-4-5-12(9-13)10-19-14(11-20)7-2-1-3-8-14/h4-6,9,19-20H,1-3,7-8,10-11H2. The van der Waals surface area contributed by atoms with E-state index in [0.29, 0.717) is 12.1 Å². The fraction of sp³-hybridized carbons (Fsp3) is 0.600. The molecule has 0 atom stereocenters. The van der Waals surface area contributed by atoms with Crippen molar-refractivity contribution in [2.75, 3.05) is 6.61 Å². The van der Waals surface area contributed by atoms with Crippen LogP contribution in [-0.4, -0.2) is 17.3 Å². The Morgan fingerprint density at radius 3 is 2.45 bits per heavy atom. The number of halogens is 3. The Hall–Kier alpha value is -1.07. The lowest BCUT2D eigenvalue weighted by Gasteiger charge is -2.36. The molecule has 0 spiro atoms. The van der Waals surface area contributed by atoms with Gasteiger partial charge in [0.1, 0.15) is 0 Å². The Balaban J connectivity index is 2.03. The van der Waals surface area contributed by atoms with Crippen molar-refractivity contribution in [1.82, 2.24) is 5.32 Å². The third kappa shape index (κ3) is 3.73. The van der Waals surface area contributed by atoms with E-state index < -0.39 is 11.7 Å². The average Bonchev–Trinajstić information content (AvgIpc) is 2.46. The van der Waals surface area contributed by atoms with Gasteiger partial charge in [0.25, 0.3) is 0 Å². The molecule has 0 heterocycles. The first-order chi connectivity index (χ1) is 9.45. The van der Waals surface area contributed by atoms with Gasteiger partial charge in [-0.15, -0.1) is 0 Å². The number of alkyl halides is 3. The lowest BCUT2D eigenvalue weighted by Crippen LogP contribution is -2.49. The molecule has 0 saturated heterocycles. The first kappa shape index (κ1) is 15.3. The second kappa shape index (κ2) is 6.14. The maximum absolute atomic E-state index is 12.6. The number of nitrogens with one attached hydrogen (secondary N) is 1. The minimum atomic E-state index is -4.31. The molecule has 5 heteroatoms. The van der Waals surface area contributed by atoms with Gasteiger partial charge in [-0.25, -0.2) is 0 Å². The summed E-state index contributed by atoms with van der Waals surface area (Å²) >= 11 is 0. The molecule has 1 aliphatic carbocycles. The zero-order chi connectivity index (χ0) is 14.6. The highest BCUT2D eigenvalue weighted by Crippen LogP contribution is 2.30. The Morgan fingerprint density at radius 1 is 1.15 bits per heavy atom. The van der Waals surface area contributed by atoms with Crippen molar-refractivity contribution in [2.24, 2.45) is 0 Å². The van der Waals surface area contributed by atoms with Gasteiger partial charge in [-0.05, 0) is 24.5 Å². The van der Waals surface area contributed by atoms with Gasteiger partial charge in [-0.2, -0.15) is 13.2 Å². The van der Waals surface area contributed by atoms with E-state index in [1.165, 1.54) is 12.1 Å². The molecule has 20 heavy (non-hydrogen) atoms. The van der Waals surface area contributed by atoms with Crippen LogP contribution in [0.1, 0.15) is 43.2 Å². The molecule has 2 nitrogen and oxygen atoms in total. The van der Waals surface area contributed by atoms with Crippen LogP contribution < -0.4 is 5.32 Å². The van der Waals surface area contributed by atoms with E-state index in [2.05, 4.69) is 5.32 Å². The Bertz CT molecular complexity index is 439. The molecule has 1 aromatic carbocycles. The molecule has 0 unspecified atom stereocenters. The highest BCUT2D eigenvalue weighted by atomic mass is 19.4. The van der Waals surface area contributed by atoms with Crippen molar-refractivity contribution in [3.63, 3.8) is 0 Å². The Morgan fingerprint density at radius 2 is 1.85 bits per heavy atom. The van der Waals surface area contributed by atoms with Crippen LogP contribution in [-0.2, 0) is 12.7 Å². The minimum absolute atomic E-state index is 0.0337. The van der Waals surface area contributed by atoms with Crippen LogP contribution in [0.15, 0.2) is 24.3 Å². The summed E-state index contributed by atoms with van der Waals surface area (Å²) in [6.45, 7) is 0.385. The Labute approximate surface area is 117 Å². The van der Waals surface area contributed by atoms with Gasteiger partial charge in [0.05, 0.1) is 12.2 Å². The number of aliphatic hydroxyl groups excluding tert-OH is 1. The number of rotatable bonds is 4. The molecule has 1 aromatic rings. The maximum Gasteiger partial charge on any atom is 0.416 e. The summed E-state index contributed by atoms with van der Waals surface area (Å²) in [5.41, 5.74) is -0.358. The van der Waals surface area contributed by atoms with E-state index in [-0.39, 0.29) is 12.1 Å². The van der Waals surface area contributed by atoms with Crippen molar-refractivity contribution in [3.05, 3.63) is 35.4 Å². The van der Waals surface area contributed by atoms with E-state index in [4.69, 9.17) is 0 Å². The minimum Gasteiger partial charge on any atom is -0.394 e. The van der Waals surface area contributed by atoms with Crippen LogP contribution in [0.4, 0.5) is 13.2 Å². The summed E-state index contributed by atoms with van der Waals surface area (Å²) in [6, 6.07) is 5.34. The zero-order valence-corrected chi connectivity index (χ0v) is 11.3. The van der Waals surface area contributed by atoms with E-state index >= 15 is 0 Å². The summed E-state index contributed by atoms with van der Waals surface area (Å²) in [6.07, 6.45) is 0.708. The molecule has 0 radical (unpaired) electrons. The third-order valence-electron chi connectivity index (χ3n) is 4.04. The average molecular weight is 287 g/mol. The number of hydrogen-bond donors (Lipinski definition) is 2. The van der Waals surface area contributed by atoms with Crippen LogP contribution in [0, 0.1) is 0 Å². The Kier molecular flexibility index (Phi) is 4.70. The summed E-state index contributed by atoms with van der Waals surface area (Å²) in [7, 11) is 0. The molecule has 1 aliphatic rings. The van der Waals surface area contributed by atoms with Crippen LogP contribution >= 0.6 is 0 Å². The van der Waals surface area contributed by atoms with Crippen molar-refractivity contribution >= 4 is 0 Å². The van der Waals surface area contributed by atoms with E-state index in [1.54, 1.807) is 6.07 Å². The SMILES string of the molecule is OCC1(NCc2cccc(C(F)(F)F)c2)CCCCC1. The predicted octanol–water partition coefficient (Wildman–Crippen LogP) is 3.49. The number of hydrogen-bond acceptors (Lipinski definition) is 2. The fourth-order valence-corrected chi connectivity index (χ4v) is 2.77. The quantitative estimate of drug-likeness (QED) is 0.888. The first-order valence-electron chi connectivity index (χ1n) is 6.97. The maximum atomic E-state index is 12.6. The smallest absolute Gasteiger partial charge is 0.394 e. The van der Waals surface area contributed by atoms with Gasteiger partial charge < -0.3 is 10.4 Å². The van der Waals surface area contributed by atoms with Gasteiger partial charge in [0, 0.05) is 12.1 Å². The number of benzene rings is 1. The molecular formula is C15H20F3NO. The van der Waals surface area contributed by atoms with E-state index in [9.17, 15) is 18.3 Å². The molecule has 0 aromatic heterocycles. The second-order valence-electron chi connectivity index (χ2n) is 5.55. The highest BCUT2D eigenvalue weighted by molar-refractivity contribution is 5.25. The van der Waals surface area contributed by atoms with Crippen molar-refractivity contribution in [3.8, 4) is 0 Å². The van der Waals surface area contributed by atoms with Gasteiger partial charge in [0.15, 0.2) is 0 Å². The van der Waals surface area contributed by atoms with Crippen LogP contribution in [0.25, 0.3) is 0 Å². The third-order valence-corrected chi connectivity index (χ3v) is 4.04. The molecule has 112 valence electrons. The normalized spacial score (nSPS) is 19.0. The van der Waals surface area contributed by atoms with Crippen LogP contribution in [0.2, 0.25) is 0 Å². The van der Waals surface area contributed by atoms with Gasteiger partial charge in [-0.3, -0.25) is 0 Å². The fourth-order valence-electron chi connectivity index (χ4n) is 2.77. The van der Waals surface area contributed by atoms with Crippen LogP contribution in [0.5, 0.6) is 0 Å². The molecule has 2 rings (SSSR count). The van der Waals surface area contributed by atoms with Crippen molar-refractivity contribution in [2.45, 2.75) is 50.4 Å². The summed E-state index contributed by atoms with van der Waals surface area (Å²) < 4.78 is 37.9. The monoisotopic (exact) mass is 287 g/mol. The molecule has 0 aliphatic heterocycles. The van der Waals surface area contributed by atoms with Gasteiger partial charge in [0.2, 0.25) is 0 Å². The summed E-state index contributed by atoms with van der Waals surface area (Å²) in [5, 5.41) is 12.8. The summed E-state index contributed by atoms with van der Waals surface area (Å²) in [5.74, 6) is 0. The van der Waals surface area contributed by atoms with Gasteiger partial charge in [-0.1, -0.05) is 37.5 Å². The number of aliphatic hydroxyl groups is 1. The second-order valence-corrected chi connectivity index (χ2v) is 5.55. The lowest BCUT2D eigenvalue weighted by molar-refractivity contribution is -0.137. The molecule has 0 amide bonds. The first-order valence-corrected chi connectivity index (χ1v) is 6.97. The predicted molar refractivity (Wildman–Crippen MR) is 71.2 cm³/mol. The van der Waals surface area contributed by atoms with Crippen LogP contribution in [0.3, 0.4) is 0 Å². The van der Waals surface area contributed by atoms with Crippen molar-refractivity contribution < 1.29 is 18.3 Å². The van der Waals surface area contributed by atoms with E-state index in [0.717, 1.165) is 38.2 Å². The van der Waals surface area contributed by atoms with E-state index in [1.807, 2.05) is 0 Å². The topological polar surface area (TPSA) is 32.3 Å². The highest BCUT2D eigenvalue weighted by Gasteiger charge is 2.32. The van der Waals surface area contributed by atoms with Crippen molar-refractivity contribution in [1.29, 1.82) is 0 Å². The largest absolute Gasteiger partial charge is 0.416 e. The summed E-state index contributed by atoms with van der Waals surface area (Å²) in [4.78, 5) is 0. The molecule has 1 fully saturated rings. The molecule has 2 N–H and O–H groups in total. The molecule has 1 saturated carbocycles. The zero-order valence-electron chi connectivity index (χ0n) is 11.3. The molecular weight excluding hydrogens is 267 g/mol.